The van der Waals surface area contributed by atoms with Crippen LogP contribution in [0.15, 0.2) is 97.2 Å². The Labute approximate surface area is 451 Å². The Kier molecular flexibility index (Phi) is 57.8. The van der Waals surface area contributed by atoms with Crippen molar-refractivity contribution in [2.45, 2.75) is 297 Å². The van der Waals surface area contributed by atoms with Gasteiger partial charge in [0.05, 0.1) is 0 Å². The predicted molar refractivity (Wildman–Crippen MR) is 316 cm³/mol. The molecule has 0 fully saturated rings. The van der Waals surface area contributed by atoms with Crippen LogP contribution in [0.5, 0.6) is 0 Å². The Balaban J connectivity index is 4.43. The highest BCUT2D eigenvalue weighted by atomic mass is 16.6. The van der Waals surface area contributed by atoms with E-state index in [-0.39, 0.29) is 31.1 Å². The molecule has 73 heavy (non-hydrogen) atoms. The maximum absolute atomic E-state index is 12.9. The van der Waals surface area contributed by atoms with Crippen LogP contribution in [0.2, 0.25) is 0 Å². The van der Waals surface area contributed by atoms with E-state index in [0.29, 0.717) is 19.3 Å². The second kappa shape index (κ2) is 60.9. The van der Waals surface area contributed by atoms with Crippen molar-refractivity contribution in [2.75, 3.05) is 13.2 Å². The van der Waals surface area contributed by atoms with Crippen LogP contribution in [0.4, 0.5) is 0 Å². The molecule has 0 aliphatic carbocycles. The SMILES string of the molecule is CC/C=C\C/C=C\C/C=C\C/C=C\CCCCCCC(=O)OC(COC(=O)CCCCCCCCCCC/C=C\C/C=C\CCCCC)COC(=O)CCCCCCCCCCC/C=C\C/C=C\CCCCC. The van der Waals surface area contributed by atoms with Crippen molar-refractivity contribution in [3.05, 3.63) is 97.2 Å². The van der Waals surface area contributed by atoms with Crippen LogP contribution in [-0.2, 0) is 28.6 Å². The normalized spacial score (nSPS) is 12.4. The van der Waals surface area contributed by atoms with Crippen molar-refractivity contribution >= 4 is 17.9 Å². The average molecular weight is 1020 g/mol. The smallest absolute Gasteiger partial charge is 0.306 e. The zero-order chi connectivity index (χ0) is 52.9. The second-order valence-corrected chi connectivity index (χ2v) is 20.2. The Morgan fingerprint density at radius 1 is 0.288 bits per heavy atom. The predicted octanol–water partition coefficient (Wildman–Crippen LogP) is 20.9. The van der Waals surface area contributed by atoms with Gasteiger partial charge >= 0.3 is 17.9 Å². The fourth-order valence-electron chi connectivity index (χ4n) is 8.44. The van der Waals surface area contributed by atoms with Crippen LogP contribution in [0.3, 0.4) is 0 Å². The minimum absolute atomic E-state index is 0.0910. The lowest BCUT2D eigenvalue weighted by atomic mass is 10.1. The maximum atomic E-state index is 12.9. The van der Waals surface area contributed by atoms with Gasteiger partial charge in [-0.1, -0.05) is 246 Å². The first-order chi connectivity index (χ1) is 36.0. The number of hydrogen-bond donors (Lipinski definition) is 0. The summed E-state index contributed by atoms with van der Waals surface area (Å²) in [7, 11) is 0. The van der Waals surface area contributed by atoms with Gasteiger partial charge in [0, 0.05) is 19.3 Å². The molecule has 0 aromatic carbocycles. The third-order valence-corrected chi connectivity index (χ3v) is 13.0. The Morgan fingerprint density at radius 2 is 0.534 bits per heavy atom. The van der Waals surface area contributed by atoms with Crippen molar-refractivity contribution in [3.63, 3.8) is 0 Å². The molecule has 0 radical (unpaired) electrons. The van der Waals surface area contributed by atoms with E-state index in [9.17, 15) is 14.4 Å². The van der Waals surface area contributed by atoms with Gasteiger partial charge in [0.1, 0.15) is 13.2 Å². The van der Waals surface area contributed by atoms with Gasteiger partial charge in [-0.3, -0.25) is 14.4 Å². The van der Waals surface area contributed by atoms with E-state index in [2.05, 4.69) is 118 Å². The molecular formula is C67H114O6. The number of rotatable bonds is 55. The molecule has 0 bridgehead atoms. The third kappa shape index (κ3) is 59.1. The average Bonchev–Trinajstić information content (AvgIpc) is 3.39. The highest BCUT2D eigenvalue weighted by Gasteiger charge is 2.19. The van der Waals surface area contributed by atoms with E-state index in [1.165, 1.54) is 141 Å². The summed E-state index contributed by atoms with van der Waals surface area (Å²) < 4.78 is 16.9. The summed E-state index contributed by atoms with van der Waals surface area (Å²) in [5.41, 5.74) is 0. The largest absolute Gasteiger partial charge is 0.462 e. The fraction of sp³-hybridized carbons (Fsp3) is 0.716. The summed E-state index contributed by atoms with van der Waals surface area (Å²) in [6.07, 6.45) is 81.1. The van der Waals surface area contributed by atoms with E-state index < -0.39 is 6.10 Å². The molecule has 0 saturated heterocycles. The molecule has 0 aliphatic heterocycles. The molecule has 0 saturated carbocycles. The minimum Gasteiger partial charge on any atom is -0.462 e. The van der Waals surface area contributed by atoms with Crippen molar-refractivity contribution in [3.8, 4) is 0 Å². The zero-order valence-corrected chi connectivity index (χ0v) is 47.9. The van der Waals surface area contributed by atoms with Crippen molar-refractivity contribution in [1.29, 1.82) is 0 Å². The lowest BCUT2D eigenvalue weighted by molar-refractivity contribution is -0.167. The van der Waals surface area contributed by atoms with Crippen LogP contribution in [-0.4, -0.2) is 37.2 Å². The first kappa shape index (κ1) is 69.3. The van der Waals surface area contributed by atoms with Gasteiger partial charge in [0.15, 0.2) is 6.10 Å². The monoisotopic (exact) mass is 1010 g/mol. The summed E-state index contributed by atoms with van der Waals surface area (Å²) in [5.74, 6) is -0.916. The molecule has 418 valence electrons. The highest BCUT2D eigenvalue weighted by Crippen LogP contribution is 2.15. The lowest BCUT2D eigenvalue weighted by Gasteiger charge is -2.18. The van der Waals surface area contributed by atoms with Crippen LogP contribution >= 0.6 is 0 Å². The van der Waals surface area contributed by atoms with Crippen molar-refractivity contribution < 1.29 is 28.6 Å². The molecule has 0 amide bonds. The number of ether oxygens (including phenoxy) is 3. The maximum Gasteiger partial charge on any atom is 0.306 e. The highest BCUT2D eigenvalue weighted by molar-refractivity contribution is 5.71. The van der Waals surface area contributed by atoms with Crippen molar-refractivity contribution in [2.24, 2.45) is 0 Å². The van der Waals surface area contributed by atoms with E-state index in [0.717, 1.165) is 109 Å². The van der Waals surface area contributed by atoms with Gasteiger partial charge in [-0.05, 0) is 122 Å². The van der Waals surface area contributed by atoms with Gasteiger partial charge in [-0.15, -0.1) is 0 Å². The third-order valence-electron chi connectivity index (χ3n) is 13.0. The summed E-state index contributed by atoms with van der Waals surface area (Å²) in [5, 5.41) is 0. The van der Waals surface area contributed by atoms with Crippen LogP contribution in [0.1, 0.15) is 290 Å². The van der Waals surface area contributed by atoms with Crippen molar-refractivity contribution in [1.82, 2.24) is 0 Å². The molecule has 0 aromatic heterocycles. The van der Waals surface area contributed by atoms with E-state index in [1.54, 1.807) is 0 Å². The molecule has 6 nitrogen and oxygen atoms in total. The summed E-state index contributed by atoms with van der Waals surface area (Å²) in [6.45, 7) is 6.47. The number of carbonyl (C=O) groups is 3. The van der Waals surface area contributed by atoms with E-state index >= 15 is 0 Å². The quantitative estimate of drug-likeness (QED) is 0.0261. The molecule has 6 heteroatoms. The fourth-order valence-corrected chi connectivity index (χ4v) is 8.44. The van der Waals surface area contributed by atoms with Crippen LogP contribution < -0.4 is 0 Å². The first-order valence-electron chi connectivity index (χ1n) is 30.7. The first-order valence-corrected chi connectivity index (χ1v) is 30.7. The Hall–Kier alpha value is -3.67. The molecular weight excluding hydrogens is 901 g/mol. The number of hydrogen-bond acceptors (Lipinski definition) is 6. The zero-order valence-electron chi connectivity index (χ0n) is 47.9. The molecule has 0 unspecified atom stereocenters. The van der Waals surface area contributed by atoms with Crippen LogP contribution in [0, 0.1) is 0 Å². The standard InChI is InChI=1S/C67H114O6/c1-4-7-10-13-16-19-22-25-28-31-33-36-38-41-44-47-50-53-56-59-65(68)71-62-64(73-67(70)61-58-55-52-49-46-43-40-35-30-27-24-21-18-15-12-9-6-3)63-72-66(69)60-57-54-51-48-45-42-39-37-34-32-29-26-23-20-17-14-11-8-5-2/h9,12,16-21,25-30,40,43,64H,4-8,10-11,13-15,22-24,31-39,41-42,44-63H2,1-3H3/b12-9-,19-16-,20-17-,21-18-,28-25-,29-26-,30-27-,43-40-. The molecule has 0 N–H and O–H groups in total. The second-order valence-electron chi connectivity index (χ2n) is 20.2. The number of carbonyl (C=O) groups excluding carboxylic acids is 3. The molecule has 0 rings (SSSR count). The topological polar surface area (TPSA) is 78.9 Å². The van der Waals surface area contributed by atoms with Gasteiger partial charge < -0.3 is 14.2 Å². The van der Waals surface area contributed by atoms with Crippen LogP contribution in [0.25, 0.3) is 0 Å². The number of unbranched alkanes of at least 4 members (excludes halogenated alkanes) is 28. The van der Waals surface area contributed by atoms with Gasteiger partial charge in [0.2, 0.25) is 0 Å². The molecule has 0 aliphatic rings. The Bertz CT molecular complexity index is 1370. The number of allylic oxidation sites excluding steroid dienone is 16. The summed E-state index contributed by atoms with van der Waals surface area (Å²) in [6, 6.07) is 0. The van der Waals surface area contributed by atoms with Gasteiger partial charge in [0.25, 0.3) is 0 Å². The number of esters is 3. The molecule has 0 aromatic rings. The minimum atomic E-state index is -0.796. The lowest BCUT2D eigenvalue weighted by Crippen LogP contribution is -2.30. The molecule has 0 atom stereocenters. The molecule has 0 heterocycles. The summed E-state index contributed by atoms with van der Waals surface area (Å²) >= 11 is 0. The Morgan fingerprint density at radius 3 is 0.836 bits per heavy atom. The van der Waals surface area contributed by atoms with Gasteiger partial charge in [-0.25, -0.2) is 0 Å². The van der Waals surface area contributed by atoms with E-state index in [4.69, 9.17) is 14.2 Å². The molecule has 0 spiro atoms. The van der Waals surface area contributed by atoms with Gasteiger partial charge in [-0.2, -0.15) is 0 Å². The summed E-state index contributed by atoms with van der Waals surface area (Å²) in [4.78, 5) is 38.3. The van der Waals surface area contributed by atoms with E-state index in [1.807, 2.05) is 0 Å².